The average Bonchev–Trinajstić information content (AvgIpc) is 3.30. The summed E-state index contributed by atoms with van der Waals surface area (Å²) in [5.74, 6) is -0.327. The highest BCUT2D eigenvalue weighted by Crippen LogP contribution is 2.23. The molecule has 370 valence electrons. The van der Waals surface area contributed by atoms with E-state index in [9.17, 15) is 25.2 Å². The van der Waals surface area contributed by atoms with Crippen LogP contribution in [0.3, 0.4) is 0 Å². The molecule has 9 nitrogen and oxygen atoms in total. The summed E-state index contributed by atoms with van der Waals surface area (Å²) in [7, 11) is 0. The van der Waals surface area contributed by atoms with Crippen molar-refractivity contribution in [1.82, 2.24) is 0 Å². The van der Waals surface area contributed by atoms with Crippen LogP contribution in [0.2, 0.25) is 0 Å². The summed E-state index contributed by atoms with van der Waals surface area (Å²) in [5, 5.41) is 40.3. The minimum Gasteiger partial charge on any atom is -0.457 e. The lowest BCUT2D eigenvalue weighted by molar-refractivity contribution is -0.305. The minimum absolute atomic E-state index is 0.122. The Morgan fingerprint density at radius 3 is 1.45 bits per heavy atom. The van der Waals surface area contributed by atoms with Gasteiger partial charge in [-0.15, -0.1) is 0 Å². The van der Waals surface area contributed by atoms with Crippen LogP contribution in [-0.2, 0) is 23.7 Å². The molecule has 0 aromatic rings. The highest BCUT2D eigenvalue weighted by Gasteiger charge is 2.44. The second-order valence-electron chi connectivity index (χ2n) is 17.6. The first kappa shape index (κ1) is 59.6. The average molecular weight is 901 g/mol. The Kier molecular flexibility index (Phi) is 42.7. The first-order chi connectivity index (χ1) is 31.4. The summed E-state index contributed by atoms with van der Waals surface area (Å²) < 4.78 is 22.9. The number of hydrogen-bond donors (Lipinski definition) is 4. The van der Waals surface area contributed by atoms with Gasteiger partial charge in [0.15, 0.2) is 6.29 Å². The number of rotatable bonds is 44. The standard InChI is InChI=1S/C55H96O9/c1-3-5-7-9-11-13-15-17-19-21-23-24-25-26-27-28-30-32-34-36-38-40-42-44-51(57)63-49(48-62-55-54(60)53(59)52(58)50(46-56)64-55)47-61-45-43-41-39-37-35-33-31-29-22-20-18-16-14-12-10-8-6-4-2/h5,7,11,13,17-20,23-24,26-27,49-50,52-56,58-60H,3-4,6,8-10,12,14-16,21-22,25,28-48H2,1-2H3/b7-5-,13-11-,19-17-,20-18-,24-23-,27-26-. The summed E-state index contributed by atoms with van der Waals surface area (Å²) in [5.41, 5.74) is 0. The van der Waals surface area contributed by atoms with Crippen molar-refractivity contribution in [2.24, 2.45) is 0 Å². The molecule has 1 heterocycles. The summed E-state index contributed by atoms with van der Waals surface area (Å²) >= 11 is 0. The lowest BCUT2D eigenvalue weighted by Crippen LogP contribution is -2.59. The van der Waals surface area contributed by atoms with Crippen molar-refractivity contribution in [2.45, 2.75) is 243 Å². The fraction of sp³-hybridized carbons (Fsp3) is 0.764. The monoisotopic (exact) mass is 901 g/mol. The first-order valence-corrected chi connectivity index (χ1v) is 26.0. The quantitative estimate of drug-likeness (QED) is 0.0268. The van der Waals surface area contributed by atoms with Crippen molar-refractivity contribution in [1.29, 1.82) is 0 Å². The van der Waals surface area contributed by atoms with Gasteiger partial charge in [0, 0.05) is 13.0 Å². The van der Waals surface area contributed by atoms with E-state index >= 15 is 0 Å². The van der Waals surface area contributed by atoms with Gasteiger partial charge in [-0.25, -0.2) is 0 Å². The van der Waals surface area contributed by atoms with Gasteiger partial charge in [-0.3, -0.25) is 4.79 Å². The molecule has 64 heavy (non-hydrogen) atoms. The zero-order valence-electron chi connectivity index (χ0n) is 40.8. The Balaban J connectivity index is 2.22. The predicted octanol–water partition coefficient (Wildman–Crippen LogP) is 12.8. The van der Waals surface area contributed by atoms with Crippen molar-refractivity contribution in [3.63, 3.8) is 0 Å². The number of ether oxygens (including phenoxy) is 4. The second-order valence-corrected chi connectivity index (χ2v) is 17.6. The minimum atomic E-state index is -1.54. The molecule has 6 unspecified atom stereocenters. The van der Waals surface area contributed by atoms with Crippen LogP contribution in [0.4, 0.5) is 0 Å². The van der Waals surface area contributed by atoms with Crippen LogP contribution in [0.25, 0.3) is 0 Å². The van der Waals surface area contributed by atoms with E-state index in [4.69, 9.17) is 18.9 Å². The third-order valence-electron chi connectivity index (χ3n) is 11.6. The molecule has 0 spiro atoms. The molecule has 1 rings (SSSR count). The molecule has 1 aliphatic rings. The van der Waals surface area contributed by atoms with Crippen LogP contribution < -0.4 is 0 Å². The van der Waals surface area contributed by atoms with E-state index in [-0.39, 0.29) is 19.2 Å². The van der Waals surface area contributed by atoms with E-state index in [1.807, 2.05) is 0 Å². The Hall–Kier alpha value is -2.37. The Bertz CT molecular complexity index is 1210. The number of carbonyl (C=O) groups is 1. The van der Waals surface area contributed by atoms with Crippen molar-refractivity contribution in [3.8, 4) is 0 Å². The first-order valence-electron chi connectivity index (χ1n) is 26.0. The van der Waals surface area contributed by atoms with Crippen molar-refractivity contribution < 1.29 is 44.2 Å². The largest absolute Gasteiger partial charge is 0.457 e. The van der Waals surface area contributed by atoms with E-state index in [2.05, 4.69) is 86.8 Å². The predicted molar refractivity (Wildman–Crippen MR) is 265 cm³/mol. The molecule has 0 bridgehead atoms. The molecule has 0 saturated carbocycles. The molecule has 0 aromatic heterocycles. The maximum atomic E-state index is 12.8. The maximum Gasteiger partial charge on any atom is 0.306 e. The zero-order valence-corrected chi connectivity index (χ0v) is 40.8. The number of aliphatic hydroxyl groups excluding tert-OH is 4. The Morgan fingerprint density at radius 1 is 0.516 bits per heavy atom. The van der Waals surface area contributed by atoms with Crippen LogP contribution in [-0.4, -0.2) is 89.6 Å². The summed E-state index contributed by atoms with van der Waals surface area (Å²) in [6.07, 6.45) is 53.6. The molecule has 4 N–H and O–H groups in total. The van der Waals surface area contributed by atoms with Crippen molar-refractivity contribution >= 4 is 5.97 Å². The zero-order chi connectivity index (χ0) is 46.4. The van der Waals surface area contributed by atoms with Crippen LogP contribution >= 0.6 is 0 Å². The van der Waals surface area contributed by atoms with Gasteiger partial charge in [0.2, 0.25) is 0 Å². The van der Waals surface area contributed by atoms with Crippen LogP contribution in [0, 0.1) is 0 Å². The molecule has 0 radical (unpaired) electrons. The van der Waals surface area contributed by atoms with Gasteiger partial charge < -0.3 is 39.4 Å². The van der Waals surface area contributed by atoms with Crippen LogP contribution in [0.5, 0.6) is 0 Å². The highest BCUT2D eigenvalue weighted by atomic mass is 16.7. The van der Waals surface area contributed by atoms with E-state index in [1.54, 1.807) is 0 Å². The van der Waals surface area contributed by atoms with Gasteiger partial charge in [0.1, 0.15) is 30.5 Å². The van der Waals surface area contributed by atoms with E-state index in [0.717, 1.165) is 77.0 Å². The van der Waals surface area contributed by atoms with Crippen LogP contribution in [0.15, 0.2) is 72.9 Å². The number of unbranched alkanes of at least 4 members (excludes halogenated alkanes) is 21. The fourth-order valence-electron chi connectivity index (χ4n) is 7.57. The molecule has 0 aromatic carbocycles. The number of carbonyl (C=O) groups excluding carboxylic acids is 1. The third kappa shape index (κ3) is 35.8. The van der Waals surface area contributed by atoms with Gasteiger partial charge in [-0.2, -0.15) is 0 Å². The van der Waals surface area contributed by atoms with Gasteiger partial charge in [0.05, 0.1) is 19.8 Å². The summed E-state index contributed by atoms with van der Waals surface area (Å²) in [6, 6.07) is 0. The SMILES string of the molecule is CC/C=C\C/C=C\C/C=C\C/C=C\C/C=C\CCCCCCCCCC(=O)OC(COCCCCCCCCCC/C=C\CCCCCCCC)COC1OC(CO)C(O)C(O)C1O. The van der Waals surface area contributed by atoms with Gasteiger partial charge >= 0.3 is 5.97 Å². The van der Waals surface area contributed by atoms with Crippen molar-refractivity contribution in [3.05, 3.63) is 72.9 Å². The molecule has 1 saturated heterocycles. The molecule has 6 atom stereocenters. The summed E-state index contributed by atoms with van der Waals surface area (Å²) in [6.45, 7) is 4.43. The van der Waals surface area contributed by atoms with E-state index in [0.29, 0.717) is 13.0 Å². The van der Waals surface area contributed by atoms with Crippen molar-refractivity contribution in [2.75, 3.05) is 26.4 Å². The molecule has 1 aliphatic heterocycles. The lowest BCUT2D eigenvalue weighted by Gasteiger charge is -2.39. The normalized spacial score (nSPS) is 20.1. The molecular weight excluding hydrogens is 805 g/mol. The molecular formula is C55H96O9. The molecule has 1 fully saturated rings. The van der Waals surface area contributed by atoms with Crippen LogP contribution in [0.1, 0.15) is 206 Å². The van der Waals surface area contributed by atoms with E-state index < -0.39 is 43.4 Å². The third-order valence-corrected chi connectivity index (χ3v) is 11.6. The van der Waals surface area contributed by atoms with Gasteiger partial charge in [-0.1, -0.05) is 189 Å². The highest BCUT2D eigenvalue weighted by molar-refractivity contribution is 5.69. The molecule has 0 aliphatic carbocycles. The second kappa shape index (κ2) is 45.8. The fourth-order valence-corrected chi connectivity index (χ4v) is 7.57. The molecule has 0 amide bonds. The number of hydrogen-bond acceptors (Lipinski definition) is 9. The number of allylic oxidation sites excluding steroid dienone is 12. The number of esters is 1. The smallest absolute Gasteiger partial charge is 0.306 e. The topological polar surface area (TPSA) is 135 Å². The Labute approximate surface area is 391 Å². The van der Waals surface area contributed by atoms with Gasteiger partial charge in [0.25, 0.3) is 0 Å². The Morgan fingerprint density at radius 2 is 0.953 bits per heavy atom. The summed E-state index contributed by atoms with van der Waals surface area (Å²) in [4.78, 5) is 12.8. The lowest BCUT2D eigenvalue weighted by atomic mass is 9.99. The number of aliphatic hydroxyl groups is 4. The van der Waals surface area contributed by atoms with E-state index in [1.165, 1.54) is 109 Å². The maximum absolute atomic E-state index is 12.8. The molecule has 9 heteroatoms. The van der Waals surface area contributed by atoms with Gasteiger partial charge in [-0.05, 0) is 83.5 Å².